The number of hydrogen-bond acceptors (Lipinski definition) is 4. The Bertz CT molecular complexity index is 1590. The molecule has 1 aliphatic carbocycles. The molecule has 7 rings (SSSR count). The van der Waals surface area contributed by atoms with Crippen molar-refractivity contribution in [3.05, 3.63) is 114 Å². The van der Waals surface area contributed by atoms with E-state index in [1.165, 1.54) is 4.90 Å². The van der Waals surface area contributed by atoms with E-state index < -0.39 is 23.7 Å². The van der Waals surface area contributed by atoms with Crippen LogP contribution in [0.25, 0.3) is 16.3 Å². The molecule has 5 heteroatoms. The highest BCUT2D eigenvalue weighted by atomic mass is 16.5. The Balaban J connectivity index is 1.46. The lowest BCUT2D eigenvalue weighted by molar-refractivity contribution is -0.142. The maximum absolute atomic E-state index is 13.9. The molecule has 0 saturated carbocycles. The molecular formula is C31H21NO4. The number of benzene rings is 4. The number of carbonyl (C=O) groups is 3. The molecule has 36 heavy (non-hydrogen) atoms. The molecule has 5 nitrogen and oxygen atoms in total. The molecule has 0 bridgehead atoms. The summed E-state index contributed by atoms with van der Waals surface area (Å²) in [6, 6.07) is 30.4. The third-order valence-corrected chi connectivity index (χ3v) is 7.68. The fourth-order valence-corrected chi connectivity index (χ4v) is 6.12. The van der Waals surface area contributed by atoms with E-state index in [0.29, 0.717) is 11.4 Å². The fourth-order valence-electron chi connectivity index (χ4n) is 6.12. The van der Waals surface area contributed by atoms with E-state index in [1.807, 2.05) is 78.9 Å². The Morgan fingerprint density at radius 3 is 2.11 bits per heavy atom. The summed E-state index contributed by atoms with van der Waals surface area (Å²) in [5.74, 6) is -3.32. The average molecular weight is 472 g/mol. The number of carbonyl (C=O) groups excluding carboxylic acids is 3. The Hall–Kier alpha value is -4.51. The minimum absolute atomic E-state index is 0.280. The van der Waals surface area contributed by atoms with E-state index in [2.05, 4.69) is 0 Å². The Labute approximate surface area is 207 Å². The molecule has 4 atom stereocenters. The average Bonchev–Trinajstić information content (AvgIpc) is 3.19. The number of allylic oxidation sites excluding steroid dienone is 1. The lowest BCUT2D eigenvalue weighted by Gasteiger charge is -2.38. The van der Waals surface area contributed by atoms with E-state index in [1.54, 1.807) is 24.3 Å². The molecule has 1 fully saturated rings. The van der Waals surface area contributed by atoms with Crippen LogP contribution in [0.15, 0.2) is 103 Å². The molecule has 0 unspecified atom stereocenters. The van der Waals surface area contributed by atoms with Gasteiger partial charge in [-0.15, -0.1) is 0 Å². The van der Waals surface area contributed by atoms with Gasteiger partial charge in [-0.25, -0.2) is 4.90 Å². The maximum Gasteiger partial charge on any atom is 0.319 e. The van der Waals surface area contributed by atoms with Crippen molar-refractivity contribution in [2.75, 3.05) is 4.90 Å². The van der Waals surface area contributed by atoms with Crippen LogP contribution in [-0.2, 0) is 14.4 Å². The number of nitrogens with zero attached hydrogens (tertiary/aromatic N) is 1. The largest absolute Gasteiger partial charge is 0.425 e. The van der Waals surface area contributed by atoms with Crippen molar-refractivity contribution in [2.45, 2.75) is 5.92 Å². The molecule has 1 saturated heterocycles. The van der Waals surface area contributed by atoms with Gasteiger partial charge in [-0.3, -0.25) is 14.4 Å². The van der Waals surface area contributed by atoms with Crippen molar-refractivity contribution in [3.8, 4) is 5.75 Å². The van der Waals surface area contributed by atoms with Gasteiger partial charge < -0.3 is 4.74 Å². The van der Waals surface area contributed by atoms with Crippen molar-refractivity contribution in [3.63, 3.8) is 0 Å². The number of para-hydroxylation sites is 1. The van der Waals surface area contributed by atoms with Gasteiger partial charge in [-0.05, 0) is 28.7 Å². The first kappa shape index (κ1) is 20.8. The SMILES string of the molecule is O=C1Oc2c(ccc3ccccc23)C2=C[C@H](c3ccccc3)[C@@H]3C(=O)N(c4ccccc4)C(=O)[C@H]3[C@@H]12. The van der Waals surface area contributed by atoms with Crippen LogP contribution >= 0.6 is 0 Å². The van der Waals surface area contributed by atoms with Crippen molar-refractivity contribution >= 4 is 39.8 Å². The summed E-state index contributed by atoms with van der Waals surface area (Å²) in [4.78, 5) is 42.6. The minimum atomic E-state index is -0.839. The van der Waals surface area contributed by atoms with Crippen LogP contribution < -0.4 is 9.64 Å². The number of rotatable bonds is 2. The second-order valence-electron chi connectivity index (χ2n) is 9.52. The van der Waals surface area contributed by atoms with E-state index >= 15 is 0 Å². The van der Waals surface area contributed by atoms with Gasteiger partial charge in [0, 0.05) is 16.9 Å². The van der Waals surface area contributed by atoms with Crippen molar-refractivity contribution in [1.82, 2.24) is 0 Å². The number of hydrogen-bond donors (Lipinski definition) is 0. The Morgan fingerprint density at radius 1 is 0.667 bits per heavy atom. The van der Waals surface area contributed by atoms with Crippen molar-refractivity contribution < 1.29 is 19.1 Å². The number of esters is 1. The van der Waals surface area contributed by atoms with Crippen LogP contribution in [-0.4, -0.2) is 17.8 Å². The monoisotopic (exact) mass is 471 g/mol. The number of imide groups is 1. The van der Waals surface area contributed by atoms with Crippen LogP contribution in [0, 0.1) is 17.8 Å². The number of amides is 2. The molecule has 0 N–H and O–H groups in total. The number of ether oxygens (including phenoxy) is 1. The molecule has 0 radical (unpaired) electrons. The highest BCUT2D eigenvalue weighted by Gasteiger charge is 2.60. The molecular weight excluding hydrogens is 450 g/mol. The van der Waals surface area contributed by atoms with Crippen molar-refractivity contribution in [2.24, 2.45) is 17.8 Å². The molecule has 4 aromatic rings. The quantitative estimate of drug-likeness (QED) is 0.224. The normalized spacial score (nSPS) is 24.6. The van der Waals surface area contributed by atoms with Gasteiger partial charge >= 0.3 is 5.97 Å². The van der Waals surface area contributed by atoms with Crippen LogP contribution in [0.2, 0.25) is 0 Å². The third-order valence-electron chi connectivity index (χ3n) is 7.68. The molecule has 0 spiro atoms. The van der Waals surface area contributed by atoms with Crippen LogP contribution in [0.5, 0.6) is 5.75 Å². The first-order valence-corrected chi connectivity index (χ1v) is 12.1. The molecule has 174 valence electrons. The minimum Gasteiger partial charge on any atom is -0.425 e. The zero-order chi connectivity index (χ0) is 24.4. The fraction of sp³-hybridized carbons (Fsp3) is 0.129. The molecule has 2 amide bonds. The molecule has 0 aromatic heterocycles. The topological polar surface area (TPSA) is 63.7 Å². The predicted octanol–water partition coefficient (Wildman–Crippen LogP) is 5.36. The Morgan fingerprint density at radius 2 is 1.33 bits per heavy atom. The van der Waals surface area contributed by atoms with Gasteiger partial charge in [0.05, 0.1) is 23.4 Å². The van der Waals surface area contributed by atoms with E-state index in [0.717, 1.165) is 27.5 Å². The maximum atomic E-state index is 13.9. The molecule has 2 heterocycles. The lowest BCUT2D eigenvalue weighted by atomic mass is 9.64. The summed E-state index contributed by atoms with van der Waals surface area (Å²) in [6.45, 7) is 0. The highest BCUT2D eigenvalue weighted by Crippen LogP contribution is 2.55. The number of fused-ring (bicyclic) bond motifs is 7. The first-order chi connectivity index (χ1) is 17.6. The smallest absolute Gasteiger partial charge is 0.319 e. The second kappa shape index (κ2) is 7.75. The number of anilines is 1. The predicted molar refractivity (Wildman–Crippen MR) is 136 cm³/mol. The molecule has 2 aliphatic heterocycles. The molecule has 4 aromatic carbocycles. The third kappa shape index (κ3) is 2.86. The van der Waals surface area contributed by atoms with Crippen LogP contribution in [0.1, 0.15) is 17.0 Å². The standard InChI is InChI=1S/C31H21NO4/c33-29-25-23(18-9-3-1-4-10-18)17-24-22-16-15-19-11-7-8-14-21(19)28(22)36-31(35)26(24)27(25)30(34)32(29)20-12-5-2-6-13-20/h1-17,23,25-27H/t23-,25+,26+,27-/m1/s1. The van der Waals surface area contributed by atoms with Gasteiger partial charge in [-0.1, -0.05) is 91.0 Å². The summed E-state index contributed by atoms with van der Waals surface area (Å²) < 4.78 is 5.93. The summed E-state index contributed by atoms with van der Waals surface area (Å²) in [5, 5.41) is 1.82. The van der Waals surface area contributed by atoms with Gasteiger partial charge in [0.15, 0.2) is 0 Å². The van der Waals surface area contributed by atoms with Gasteiger partial charge in [0.1, 0.15) is 5.75 Å². The Kier molecular flexibility index (Phi) is 4.48. The summed E-state index contributed by atoms with van der Waals surface area (Å²) in [5.41, 5.74) is 3.02. The highest BCUT2D eigenvalue weighted by molar-refractivity contribution is 6.24. The zero-order valence-electron chi connectivity index (χ0n) is 19.2. The van der Waals surface area contributed by atoms with Gasteiger partial charge in [-0.2, -0.15) is 0 Å². The van der Waals surface area contributed by atoms with Crippen LogP contribution in [0.4, 0.5) is 5.69 Å². The van der Waals surface area contributed by atoms with Crippen molar-refractivity contribution in [1.29, 1.82) is 0 Å². The van der Waals surface area contributed by atoms with E-state index in [-0.39, 0.29) is 17.7 Å². The molecule has 3 aliphatic rings. The zero-order valence-corrected chi connectivity index (χ0v) is 19.2. The first-order valence-electron chi connectivity index (χ1n) is 12.1. The van der Waals surface area contributed by atoms with E-state index in [9.17, 15) is 14.4 Å². The van der Waals surface area contributed by atoms with Gasteiger partial charge in [0.25, 0.3) is 0 Å². The summed E-state index contributed by atoms with van der Waals surface area (Å²) >= 11 is 0. The second-order valence-corrected chi connectivity index (χ2v) is 9.52. The van der Waals surface area contributed by atoms with E-state index in [4.69, 9.17) is 4.74 Å². The van der Waals surface area contributed by atoms with Crippen LogP contribution in [0.3, 0.4) is 0 Å². The van der Waals surface area contributed by atoms with Gasteiger partial charge in [0.2, 0.25) is 11.8 Å². The summed E-state index contributed by atoms with van der Waals surface area (Å²) in [7, 11) is 0. The summed E-state index contributed by atoms with van der Waals surface area (Å²) in [6.07, 6.45) is 2.02. The lowest BCUT2D eigenvalue weighted by Crippen LogP contribution is -2.42.